The average molecular weight is 414 g/mol. The predicted molar refractivity (Wildman–Crippen MR) is 121 cm³/mol. The Bertz CT molecular complexity index is 662. The largest absolute Gasteiger partial charge is 0.351 e. The van der Waals surface area contributed by atoms with Crippen LogP contribution in [0.2, 0.25) is 0 Å². The Morgan fingerprint density at radius 3 is 2.30 bits per heavy atom. The Morgan fingerprint density at radius 2 is 1.67 bits per heavy atom. The molecule has 0 aromatic heterocycles. The summed E-state index contributed by atoms with van der Waals surface area (Å²) in [6, 6.07) is 9.39. The number of rotatable bonds is 8. The SMILES string of the molecule is CC(C)C(NC(=O)Cc1ccccc1)C(=O)NC1CCN(CC2CCCCC2)CC1. The quantitative estimate of drug-likeness (QED) is 0.685. The minimum Gasteiger partial charge on any atom is -0.351 e. The van der Waals surface area contributed by atoms with Crippen LogP contribution in [0.25, 0.3) is 0 Å². The highest BCUT2D eigenvalue weighted by atomic mass is 16.2. The van der Waals surface area contributed by atoms with Crippen molar-refractivity contribution in [3.8, 4) is 0 Å². The molecule has 1 heterocycles. The van der Waals surface area contributed by atoms with Crippen molar-refractivity contribution >= 4 is 11.8 Å². The first-order valence-electron chi connectivity index (χ1n) is 11.9. The average Bonchev–Trinajstić information content (AvgIpc) is 2.74. The van der Waals surface area contributed by atoms with Crippen LogP contribution in [-0.2, 0) is 16.0 Å². The third-order valence-corrected chi connectivity index (χ3v) is 6.65. The van der Waals surface area contributed by atoms with Gasteiger partial charge in [-0.2, -0.15) is 0 Å². The van der Waals surface area contributed by atoms with Gasteiger partial charge in [0.05, 0.1) is 6.42 Å². The highest BCUT2D eigenvalue weighted by molar-refractivity contribution is 5.88. The summed E-state index contributed by atoms with van der Waals surface area (Å²) in [4.78, 5) is 27.9. The molecule has 3 rings (SSSR count). The second-order valence-corrected chi connectivity index (χ2v) is 9.54. The maximum Gasteiger partial charge on any atom is 0.243 e. The first-order valence-corrected chi connectivity index (χ1v) is 11.9. The summed E-state index contributed by atoms with van der Waals surface area (Å²) in [6.45, 7) is 7.33. The normalized spacial score (nSPS) is 20.1. The van der Waals surface area contributed by atoms with Crippen LogP contribution in [0.1, 0.15) is 64.4 Å². The zero-order chi connectivity index (χ0) is 21.3. The van der Waals surface area contributed by atoms with Gasteiger partial charge in [0, 0.05) is 25.7 Å². The highest BCUT2D eigenvalue weighted by Gasteiger charge is 2.28. The van der Waals surface area contributed by atoms with E-state index in [2.05, 4.69) is 15.5 Å². The van der Waals surface area contributed by atoms with Gasteiger partial charge in [0.25, 0.3) is 0 Å². The fraction of sp³-hybridized carbons (Fsp3) is 0.680. The number of nitrogens with zero attached hydrogens (tertiary/aromatic N) is 1. The van der Waals surface area contributed by atoms with Crippen molar-refractivity contribution in [1.82, 2.24) is 15.5 Å². The molecule has 1 atom stereocenters. The van der Waals surface area contributed by atoms with Crippen LogP contribution in [0.4, 0.5) is 0 Å². The van der Waals surface area contributed by atoms with Gasteiger partial charge < -0.3 is 15.5 Å². The second-order valence-electron chi connectivity index (χ2n) is 9.54. The molecule has 2 amide bonds. The van der Waals surface area contributed by atoms with Gasteiger partial charge in [-0.05, 0) is 43.1 Å². The number of carbonyl (C=O) groups is 2. The number of nitrogens with one attached hydrogen (secondary N) is 2. The molecule has 2 fully saturated rings. The molecule has 0 bridgehead atoms. The van der Waals surface area contributed by atoms with Crippen LogP contribution in [0.3, 0.4) is 0 Å². The molecular formula is C25H39N3O2. The summed E-state index contributed by atoms with van der Waals surface area (Å²) < 4.78 is 0. The van der Waals surface area contributed by atoms with Gasteiger partial charge in [-0.3, -0.25) is 9.59 Å². The van der Waals surface area contributed by atoms with Crippen LogP contribution < -0.4 is 10.6 Å². The first-order chi connectivity index (χ1) is 14.5. The lowest BCUT2D eigenvalue weighted by molar-refractivity contribution is -0.130. The molecule has 0 spiro atoms. The van der Waals surface area contributed by atoms with Crippen LogP contribution >= 0.6 is 0 Å². The molecule has 2 aliphatic rings. The van der Waals surface area contributed by atoms with E-state index in [1.165, 1.54) is 38.6 Å². The summed E-state index contributed by atoms with van der Waals surface area (Å²) in [7, 11) is 0. The summed E-state index contributed by atoms with van der Waals surface area (Å²) in [5.41, 5.74) is 0.961. The zero-order valence-corrected chi connectivity index (χ0v) is 18.7. The third kappa shape index (κ3) is 7.12. The molecule has 30 heavy (non-hydrogen) atoms. The van der Waals surface area contributed by atoms with Gasteiger partial charge in [-0.15, -0.1) is 0 Å². The topological polar surface area (TPSA) is 61.4 Å². The molecule has 166 valence electrons. The van der Waals surface area contributed by atoms with Crippen molar-refractivity contribution in [2.75, 3.05) is 19.6 Å². The van der Waals surface area contributed by atoms with Crippen molar-refractivity contribution in [3.05, 3.63) is 35.9 Å². The van der Waals surface area contributed by atoms with Gasteiger partial charge >= 0.3 is 0 Å². The minimum atomic E-state index is -0.485. The number of piperidine rings is 1. The first kappa shape index (κ1) is 22.8. The number of likely N-dealkylation sites (tertiary alicyclic amines) is 1. The zero-order valence-electron chi connectivity index (χ0n) is 18.7. The summed E-state index contributed by atoms with van der Waals surface area (Å²) in [5.74, 6) is 0.778. The molecule has 5 heteroatoms. The van der Waals surface area contributed by atoms with Crippen molar-refractivity contribution in [2.45, 2.75) is 77.3 Å². The second kappa shape index (κ2) is 11.5. The van der Waals surface area contributed by atoms with E-state index in [4.69, 9.17) is 0 Å². The molecule has 1 aliphatic heterocycles. The van der Waals surface area contributed by atoms with E-state index in [9.17, 15) is 9.59 Å². The van der Waals surface area contributed by atoms with Crippen LogP contribution in [0, 0.1) is 11.8 Å². The Kier molecular flexibility index (Phi) is 8.74. The number of amides is 2. The van der Waals surface area contributed by atoms with Crippen molar-refractivity contribution < 1.29 is 9.59 Å². The molecule has 1 aromatic rings. The lowest BCUT2D eigenvalue weighted by Crippen LogP contribution is -2.54. The van der Waals surface area contributed by atoms with E-state index in [1.807, 2.05) is 44.2 Å². The van der Waals surface area contributed by atoms with Crippen LogP contribution in [0.5, 0.6) is 0 Å². The van der Waals surface area contributed by atoms with Gasteiger partial charge in [-0.25, -0.2) is 0 Å². The molecule has 0 radical (unpaired) electrons. The fourth-order valence-corrected chi connectivity index (χ4v) is 4.83. The smallest absolute Gasteiger partial charge is 0.243 e. The van der Waals surface area contributed by atoms with Gasteiger partial charge in [0.1, 0.15) is 6.04 Å². The molecule has 1 aromatic carbocycles. The van der Waals surface area contributed by atoms with Crippen LogP contribution in [-0.4, -0.2) is 48.4 Å². The van der Waals surface area contributed by atoms with Gasteiger partial charge in [0.2, 0.25) is 11.8 Å². The van der Waals surface area contributed by atoms with E-state index < -0.39 is 6.04 Å². The molecular weight excluding hydrogens is 374 g/mol. The van der Waals surface area contributed by atoms with Crippen molar-refractivity contribution in [2.24, 2.45) is 11.8 Å². The summed E-state index contributed by atoms with van der Waals surface area (Å²) in [6.07, 6.45) is 9.27. The molecule has 2 N–H and O–H groups in total. The van der Waals surface area contributed by atoms with Crippen LogP contribution in [0.15, 0.2) is 30.3 Å². The standard InChI is InChI=1S/C25H39N3O2/c1-19(2)24(27-23(29)17-20-9-5-3-6-10-20)25(30)26-22-13-15-28(16-14-22)18-21-11-7-4-8-12-21/h3,5-6,9-10,19,21-22,24H,4,7-8,11-18H2,1-2H3,(H,26,30)(H,27,29). The lowest BCUT2D eigenvalue weighted by Gasteiger charge is -2.36. The predicted octanol–water partition coefficient (Wildman–Crippen LogP) is 3.53. The number of carbonyl (C=O) groups excluding carboxylic acids is 2. The summed E-state index contributed by atoms with van der Waals surface area (Å²) >= 11 is 0. The van der Waals surface area contributed by atoms with E-state index in [1.54, 1.807) is 0 Å². The molecule has 1 saturated heterocycles. The Balaban J connectivity index is 1.43. The minimum absolute atomic E-state index is 0.0443. The molecule has 1 saturated carbocycles. The Morgan fingerprint density at radius 1 is 1.00 bits per heavy atom. The third-order valence-electron chi connectivity index (χ3n) is 6.65. The number of hydrogen-bond acceptors (Lipinski definition) is 3. The summed E-state index contributed by atoms with van der Waals surface area (Å²) in [5, 5.41) is 6.17. The van der Waals surface area contributed by atoms with E-state index in [0.29, 0.717) is 6.42 Å². The fourth-order valence-electron chi connectivity index (χ4n) is 4.83. The maximum atomic E-state index is 12.9. The van der Waals surface area contributed by atoms with Gasteiger partial charge in [0.15, 0.2) is 0 Å². The van der Waals surface area contributed by atoms with E-state index in [0.717, 1.165) is 37.4 Å². The lowest BCUT2D eigenvalue weighted by atomic mass is 9.88. The number of benzene rings is 1. The van der Waals surface area contributed by atoms with Crippen molar-refractivity contribution in [3.63, 3.8) is 0 Å². The maximum absolute atomic E-state index is 12.9. The van der Waals surface area contributed by atoms with Crippen molar-refractivity contribution in [1.29, 1.82) is 0 Å². The molecule has 5 nitrogen and oxygen atoms in total. The molecule has 1 unspecified atom stereocenters. The van der Waals surface area contributed by atoms with E-state index >= 15 is 0 Å². The molecule has 1 aliphatic carbocycles. The van der Waals surface area contributed by atoms with Gasteiger partial charge in [-0.1, -0.05) is 63.4 Å². The Hall–Kier alpha value is -1.88. The monoisotopic (exact) mass is 413 g/mol. The highest BCUT2D eigenvalue weighted by Crippen LogP contribution is 2.25. The Labute approximate surface area is 182 Å². The van der Waals surface area contributed by atoms with E-state index in [-0.39, 0.29) is 23.8 Å². The number of hydrogen-bond donors (Lipinski definition) is 2.